The molecular weight excluding hydrogens is 520 g/mol. The second-order valence-electron chi connectivity index (χ2n) is 14.3. The highest BCUT2D eigenvalue weighted by molar-refractivity contribution is 5.66. The van der Waals surface area contributed by atoms with Gasteiger partial charge in [0.2, 0.25) is 0 Å². The molecule has 2 saturated carbocycles. The van der Waals surface area contributed by atoms with E-state index in [4.69, 9.17) is 4.74 Å². The van der Waals surface area contributed by atoms with E-state index in [1.807, 2.05) is 12.1 Å². The van der Waals surface area contributed by atoms with E-state index in [1.165, 1.54) is 12.5 Å². The molecule has 0 aromatic rings. The summed E-state index contributed by atoms with van der Waals surface area (Å²) < 4.78 is 5.63. The lowest BCUT2D eigenvalue weighted by molar-refractivity contribution is -0.148. The Balaban J connectivity index is 1.90. The summed E-state index contributed by atoms with van der Waals surface area (Å²) in [5, 5.41) is 41.2. The second kappa shape index (κ2) is 11.7. The molecule has 0 aliphatic heterocycles. The molecule has 6 nitrogen and oxygen atoms in total. The van der Waals surface area contributed by atoms with Crippen molar-refractivity contribution in [3.8, 4) is 24.3 Å². The van der Waals surface area contributed by atoms with Crippen LogP contribution in [0, 0.1) is 103 Å². The lowest BCUT2D eigenvalue weighted by Crippen LogP contribution is -2.49. The molecule has 6 heteroatoms. The Labute approximate surface area is 252 Å². The summed E-state index contributed by atoms with van der Waals surface area (Å²) in [4.78, 5) is 11.8. The molecule has 0 bridgehead atoms. The standard InChI is InChI=1S/C36H46N4O2/c1-22(2)23(3)8-9-24(4)29-10-11-30-33-31(13-15-35(29,30)7)34(6)14-12-28(42-25(5)41)16-26(34)17-32(33)36(20-39,21-40)27(18-37)19-38/h8-9,17,22-24,27-29,31-32H,10-16H2,1-7H3/b9-8-/t23-,24+,28+,29+,31-,32-,34+,35-/m0/s1. The van der Waals surface area contributed by atoms with Crippen molar-refractivity contribution in [2.45, 2.75) is 99.5 Å². The van der Waals surface area contributed by atoms with Gasteiger partial charge in [-0.15, -0.1) is 0 Å². The molecule has 222 valence electrons. The Kier molecular flexibility index (Phi) is 8.82. The highest BCUT2D eigenvalue weighted by atomic mass is 16.5. The zero-order valence-corrected chi connectivity index (χ0v) is 26.4. The van der Waals surface area contributed by atoms with E-state index in [0.717, 1.165) is 49.7 Å². The molecule has 42 heavy (non-hydrogen) atoms. The van der Waals surface area contributed by atoms with Gasteiger partial charge in [-0.1, -0.05) is 76.5 Å². The number of carbonyl (C=O) groups is 1. The third-order valence-corrected chi connectivity index (χ3v) is 11.8. The number of rotatable bonds is 7. The number of nitrogens with zero attached hydrogens (tertiary/aromatic N) is 4. The molecule has 2 fully saturated rings. The van der Waals surface area contributed by atoms with Crippen LogP contribution < -0.4 is 0 Å². The quantitative estimate of drug-likeness (QED) is 0.227. The van der Waals surface area contributed by atoms with E-state index >= 15 is 0 Å². The van der Waals surface area contributed by atoms with Gasteiger partial charge in [0.25, 0.3) is 0 Å². The molecule has 8 atom stereocenters. The first kappa shape index (κ1) is 31.6. The Hall–Kier alpha value is -3.35. The van der Waals surface area contributed by atoms with Crippen LogP contribution in [0.1, 0.15) is 93.4 Å². The van der Waals surface area contributed by atoms with Crippen LogP contribution in [0.15, 0.2) is 34.9 Å². The zero-order valence-electron chi connectivity index (χ0n) is 26.4. The molecule has 0 spiro atoms. The number of carbonyl (C=O) groups excluding carboxylic acids is 1. The number of nitriles is 4. The highest BCUT2D eigenvalue weighted by Gasteiger charge is 2.60. The van der Waals surface area contributed by atoms with Gasteiger partial charge in [0.1, 0.15) is 6.10 Å². The van der Waals surface area contributed by atoms with E-state index in [9.17, 15) is 25.8 Å². The first-order chi connectivity index (χ1) is 19.8. The summed E-state index contributed by atoms with van der Waals surface area (Å²) in [5.41, 5.74) is 1.53. The molecule has 4 rings (SSSR count). The SMILES string of the molecule is CC(=O)O[C@@H]1CC[C@]2(C)C(=C[C@H](C(C#N)(C#N)C(C#N)C#N)C3=C4CC[C@H]([C@H](C)/C=C\[C@H](C)C(C)C)[C@]4(C)CC[C@@H]32)C1. The van der Waals surface area contributed by atoms with Gasteiger partial charge >= 0.3 is 5.97 Å². The summed E-state index contributed by atoms with van der Waals surface area (Å²) in [6, 6.07) is 8.42. The minimum absolute atomic E-state index is 0.0724. The van der Waals surface area contributed by atoms with Crippen molar-refractivity contribution in [2.24, 2.45) is 57.7 Å². The summed E-state index contributed by atoms with van der Waals surface area (Å²) >= 11 is 0. The number of ether oxygens (including phenoxy) is 1. The summed E-state index contributed by atoms with van der Waals surface area (Å²) in [6.45, 7) is 15.2. The lowest BCUT2D eigenvalue weighted by atomic mass is 9.47. The molecule has 0 saturated heterocycles. The molecule has 0 unspecified atom stereocenters. The Morgan fingerprint density at radius 1 is 1.00 bits per heavy atom. The van der Waals surface area contributed by atoms with E-state index in [1.54, 1.807) is 0 Å². The molecular formula is C36H46N4O2. The van der Waals surface area contributed by atoms with Crippen LogP contribution in [0.3, 0.4) is 0 Å². The highest BCUT2D eigenvalue weighted by Crippen LogP contribution is 2.67. The average Bonchev–Trinajstić information content (AvgIpc) is 3.31. The van der Waals surface area contributed by atoms with Crippen LogP contribution in [0.5, 0.6) is 0 Å². The van der Waals surface area contributed by atoms with Crippen molar-refractivity contribution < 1.29 is 9.53 Å². The molecule has 0 radical (unpaired) electrons. The minimum Gasteiger partial charge on any atom is -0.462 e. The zero-order chi connectivity index (χ0) is 31.0. The molecule has 0 amide bonds. The van der Waals surface area contributed by atoms with Crippen LogP contribution in [-0.4, -0.2) is 12.1 Å². The monoisotopic (exact) mass is 566 g/mol. The van der Waals surface area contributed by atoms with E-state index < -0.39 is 17.3 Å². The Bertz CT molecular complexity index is 1330. The van der Waals surface area contributed by atoms with Crippen LogP contribution in [0.25, 0.3) is 0 Å². The van der Waals surface area contributed by atoms with Gasteiger partial charge in [0.15, 0.2) is 11.3 Å². The molecule has 0 N–H and O–H groups in total. The van der Waals surface area contributed by atoms with Crippen molar-refractivity contribution in [3.05, 3.63) is 34.9 Å². The van der Waals surface area contributed by atoms with E-state index in [-0.39, 0.29) is 28.8 Å². The van der Waals surface area contributed by atoms with Crippen LogP contribution in [-0.2, 0) is 9.53 Å². The van der Waals surface area contributed by atoms with Crippen molar-refractivity contribution in [2.75, 3.05) is 0 Å². The second-order valence-corrected chi connectivity index (χ2v) is 14.3. The number of fused-ring (bicyclic) bond motifs is 4. The number of esters is 1. The molecule has 0 aromatic carbocycles. The summed E-state index contributed by atoms with van der Waals surface area (Å²) in [7, 11) is 0. The molecule has 4 aliphatic rings. The van der Waals surface area contributed by atoms with Gasteiger partial charge in [-0.2, -0.15) is 21.0 Å². The van der Waals surface area contributed by atoms with Crippen molar-refractivity contribution >= 4 is 5.97 Å². The summed E-state index contributed by atoms with van der Waals surface area (Å²) in [5.74, 6) is -0.315. The third kappa shape index (κ3) is 4.99. The molecule has 0 aromatic heterocycles. The van der Waals surface area contributed by atoms with Gasteiger partial charge in [-0.3, -0.25) is 4.79 Å². The van der Waals surface area contributed by atoms with Crippen molar-refractivity contribution in [3.63, 3.8) is 0 Å². The number of hydrogen-bond donors (Lipinski definition) is 0. The van der Waals surface area contributed by atoms with E-state index in [0.29, 0.717) is 30.1 Å². The smallest absolute Gasteiger partial charge is 0.302 e. The lowest BCUT2D eigenvalue weighted by Gasteiger charge is -2.56. The third-order valence-electron chi connectivity index (χ3n) is 11.8. The first-order valence-electron chi connectivity index (χ1n) is 15.7. The number of allylic oxidation sites excluding steroid dienone is 5. The van der Waals surface area contributed by atoms with Crippen LogP contribution >= 0.6 is 0 Å². The van der Waals surface area contributed by atoms with Gasteiger partial charge < -0.3 is 4.74 Å². The maximum atomic E-state index is 11.8. The number of hydrogen-bond acceptors (Lipinski definition) is 6. The van der Waals surface area contributed by atoms with Gasteiger partial charge in [-0.25, -0.2) is 0 Å². The predicted octanol–water partition coefficient (Wildman–Crippen LogP) is 7.97. The maximum Gasteiger partial charge on any atom is 0.302 e. The van der Waals surface area contributed by atoms with Crippen LogP contribution in [0.4, 0.5) is 0 Å². The van der Waals surface area contributed by atoms with Crippen molar-refractivity contribution in [1.82, 2.24) is 0 Å². The maximum absolute atomic E-state index is 11.8. The topological polar surface area (TPSA) is 121 Å². The Morgan fingerprint density at radius 2 is 1.64 bits per heavy atom. The Morgan fingerprint density at radius 3 is 2.21 bits per heavy atom. The fraction of sp³-hybridized carbons (Fsp3) is 0.694. The normalized spacial score (nSPS) is 33.8. The predicted molar refractivity (Wildman–Crippen MR) is 160 cm³/mol. The van der Waals surface area contributed by atoms with Crippen molar-refractivity contribution in [1.29, 1.82) is 21.0 Å². The minimum atomic E-state index is -1.82. The van der Waals surface area contributed by atoms with Crippen LogP contribution in [0.2, 0.25) is 0 Å². The fourth-order valence-electron chi connectivity index (χ4n) is 8.93. The molecule has 4 aliphatic carbocycles. The largest absolute Gasteiger partial charge is 0.462 e. The fourth-order valence-corrected chi connectivity index (χ4v) is 8.93. The van der Waals surface area contributed by atoms with Gasteiger partial charge in [0.05, 0.1) is 24.3 Å². The molecule has 0 heterocycles. The summed E-state index contributed by atoms with van der Waals surface area (Å²) in [6.07, 6.45) is 12.7. The average molecular weight is 567 g/mol. The van der Waals surface area contributed by atoms with Gasteiger partial charge in [-0.05, 0) is 78.9 Å². The first-order valence-corrected chi connectivity index (χ1v) is 15.7. The van der Waals surface area contributed by atoms with E-state index in [2.05, 4.69) is 71.9 Å². The van der Waals surface area contributed by atoms with Gasteiger partial charge in [0, 0.05) is 19.3 Å².